The normalized spacial score (nSPS) is 6.51. The molecule has 0 rings (SSSR count). The summed E-state index contributed by atoms with van der Waals surface area (Å²) in [7, 11) is -35.0. The van der Waals surface area contributed by atoms with E-state index < -0.39 is 87.9 Å². The summed E-state index contributed by atoms with van der Waals surface area (Å²) >= 11 is 0. The Bertz CT molecular complexity index is 310. The molecule has 0 aliphatic heterocycles. The van der Waals surface area contributed by atoms with Gasteiger partial charge in [0.15, 0.2) is 0 Å². The quantitative estimate of drug-likeness (QED) is 0.136. The maximum absolute atomic E-state index is 8.42. The Morgan fingerprint density at radius 1 is 0.196 bits per heavy atom. The van der Waals surface area contributed by atoms with Crippen LogP contribution in [0.1, 0.15) is 0 Å². The van der Waals surface area contributed by atoms with E-state index in [4.69, 9.17) is 191 Å². The van der Waals surface area contributed by atoms with E-state index in [9.17, 15) is 0 Å². The zero-order valence-electron chi connectivity index (χ0n) is 23.0. The van der Waals surface area contributed by atoms with Gasteiger partial charge in [0.2, 0.25) is 6.08 Å². The zero-order valence-corrected chi connectivity index (χ0v) is 23.0. The second-order valence-electron chi connectivity index (χ2n) is 3.57. The van der Waals surface area contributed by atoms with Gasteiger partial charge in [-0.15, -0.1) is 0 Å². The van der Waals surface area contributed by atoms with E-state index in [1.54, 1.807) is 0 Å². The first-order valence-corrected chi connectivity index (χ1v) is 8.94. The molecular formula is CHB12NO37-36. The molecule has 0 heterocycles. The van der Waals surface area contributed by atoms with Crippen molar-refractivity contribution in [2.24, 2.45) is 0 Å². The van der Waals surface area contributed by atoms with Crippen LogP contribution in [-0.2, 0) is 4.79 Å². The molecule has 0 radical (unpaired) electrons. The number of carbonyl (C=O) groups excluding carboxylic acids is 1. The van der Waals surface area contributed by atoms with Gasteiger partial charge in [-0.05, 0) is 0 Å². The van der Waals surface area contributed by atoms with Gasteiger partial charge >= 0.3 is 0 Å². The SMILES string of the molecule is N=C=O.[O-]B([O-])[O-].[O-]B([O-])[O-].[O-]B([O-])[O-].[O-]B([O-])[O-].[O-]B([O-])[O-].[O-]B([O-])[O-].[O-]B([O-])[O-].[O-]B([O-])[O-].[O-]B([O-])[O-].[O-]B([O-])[O-].[O-]B([O-])[O-].[O-]B([O-])[O-]. The molecule has 0 aromatic heterocycles. The lowest BCUT2D eigenvalue weighted by Crippen LogP contribution is -2.56. The fourth-order valence-electron chi connectivity index (χ4n) is 0. The smallest absolute Gasteiger partial charge is 0.231 e. The van der Waals surface area contributed by atoms with Gasteiger partial charge in [0, 0.05) is 0 Å². The van der Waals surface area contributed by atoms with Crippen LogP contribution in [-0.4, -0.2) is 93.9 Å². The van der Waals surface area contributed by atoms with E-state index in [0.29, 0.717) is 0 Å². The van der Waals surface area contributed by atoms with Crippen LogP contribution >= 0.6 is 0 Å². The van der Waals surface area contributed by atoms with Crippen molar-refractivity contribution in [1.82, 2.24) is 0 Å². The molecule has 0 atom stereocenters. The first-order chi connectivity index (χ1) is 22.2. The highest BCUT2D eigenvalue weighted by atomic mass is 16.6. The van der Waals surface area contributed by atoms with Crippen molar-refractivity contribution in [3.05, 3.63) is 0 Å². The van der Waals surface area contributed by atoms with Gasteiger partial charge in [-0.3, -0.25) is 87.9 Å². The summed E-state index contributed by atoms with van der Waals surface area (Å²) in [6, 6.07) is 0. The summed E-state index contributed by atoms with van der Waals surface area (Å²) in [6.45, 7) is 0. The molecule has 304 valence electrons. The fourth-order valence-corrected chi connectivity index (χ4v) is 0. The minimum Gasteiger partial charge on any atom is -0.907 e. The van der Waals surface area contributed by atoms with Crippen LogP contribution in [0, 0.1) is 5.41 Å². The highest BCUT2D eigenvalue weighted by molar-refractivity contribution is 6.26. The number of rotatable bonds is 0. The first-order valence-electron chi connectivity index (χ1n) is 8.94. The maximum Gasteiger partial charge on any atom is 0.231 e. The first kappa shape index (κ1) is 87.5. The van der Waals surface area contributed by atoms with Crippen molar-refractivity contribution in [2.45, 2.75) is 0 Å². The van der Waals surface area contributed by atoms with Gasteiger partial charge in [-0.25, -0.2) is 10.2 Å². The van der Waals surface area contributed by atoms with Crippen LogP contribution in [0.4, 0.5) is 0 Å². The molecule has 0 amide bonds. The Morgan fingerprint density at radius 3 is 0.196 bits per heavy atom. The zero-order chi connectivity index (χ0) is 45.6. The fraction of sp³-hybridized carbons (Fsp3) is 0. The molecule has 51 heavy (non-hydrogen) atoms. The summed E-state index contributed by atoms with van der Waals surface area (Å²) in [5.74, 6) is 0. The average Bonchev–Trinajstić information content (AvgIpc) is 2.68. The largest absolute Gasteiger partial charge is 0.907 e. The van der Waals surface area contributed by atoms with Crippen LogP contribution in [0.25, 0.3) is 0 Å². The standard InChI is InChI=1S/CHNO.12BO3/c2-1-3;12*2-1(3)4/h2H;;;;;;;;;;;;/q;12*-3. The molecule has 0 unspecified atom stereocenters. The van der Waals surface area contributed by atoms with E-state index in [2.05, 4.69) is 0 Å². The number of nitrogens with one attached hydrogen (secondary N) is 1. The summed E-state index contributed by atoms with van der Waals surface area (Å²) in [5.41, 5.74) is 0. The Balaban J connectivity index is -0.0000000279. The van der Waals surface area contributed by atoms with E-state index in [-0.39, 0.29) is 0 Å². The molecule has 0 fully saturated rings. The van der Waals surface area contributed by atoms with Gasteiger partial charge in [0.05, 0.1) is 0 Å². The minimum atomic E-state index is -2.92. The second-order valence-corrected chi connectivity index (χ2v) is 3.57. The van der Waals surface area contributed by atoms with Crippen molar-refractivity contribution in [3.8, 4) is 0 Å². The van der Waals surface area contributed by atoms with E-state index in [0.717, 1.165) is 6.08 Å². The van der Waals surface area contributed by atoms with E-state index in [1.165, 1.54) is 0 Å². The van der Waals surface area contributed by atoms with Gasteiger partial charge in [-0.2, -0.15) is 0 Å². The van der Waals surface area contributed by atoms with Crippen molar-refractivity contribution >= 4 is 93.9 Å². The molecule has 50 heteroatoms. The highest BCUT2D eigenvalue weighted by Crippen LogP contribution is 1.03. The molecule has 38 nitrogen and oxygen atoms in total. The number of hydrogen-bond donors (Lipinski definition) is 1. The summed E-state index contributed by atoms with van der Waals surface area (Å²) in [4.78, 5) is 8.35. The van der Waals surface area contributed by atoms with Crippen molar-refractivity contribution < 1.29 is 186 Å². The van der Waals surface area contributed by atoms with Gasteiger partial charge in [0.1, 0.15) is 0 Å². The Morgan fingerprint density at radius 2 is 0.196 bits per heavy atom. The number of hydrogen-bond acceptors (Lipinski definition) is 38. The third-order valence-electron chi connectivity index (χ3n) is 0. The summed E-state index contributed by atoms with van der Waals surface area (Å²) < 4.78 is 0. The molecule has 0 bridgehead atoms. The molecule has 0 saturated heterocycles. The van der Waals surface area contributed by atoms with Crippen molar-refractivity contribution in [2.75, 3.05) is 0 Å². The highest BCUT2D eigenvalue weighted by Gasteiger charge is 1.21. The molecule has 0 aliphatic carbocycles. The van der Waals surface area contributed by atoms with E-state index in [1.807, 2.05) is 0 Å². The predicted molar refractivity (Wildman–Crippen MR) is 77.5 cm³/mol. The van der Waals surface area contributed by atoms with Crippen LogP contribution in [0.2, 0.25) is 0 Å². The lowest BCUT2D eigenvalue weighted by Gasteiger charge is -2.35. The average molecular weight is 749 g/mol. The molecule has 0 saturated carbocycles. The van der Waals surface area contributed by atoms with Gasteiger partial charge in [0.25, 0.3) is 0 Å². The van der Waals surface area contributed by atoms with E-state index >= 15 is 0 Å². The van der Waals surface area contributed by atoms with Gasteiger partial charge in [-0.1, -0.05) is 0 Å². The van der Waals surface area contributed by atoms with Crippen molar-refractivity contribution in [3.63, 3.8) is 0 Å². The Hall–Kier alpha value is -1.28. The molecule has 1 N–H and O–H groups in total. The Labute approximate surface area is 285 Å². The molecule has 0 aliphatic rings. The van der Waals surface area contributed by atoms with Crippen LogP contribution in [0.15, 0.2) is 0 Å². The monoisotopic (exact) mass is 751 g/mol. The maximum atomic E-state index is 8.42. The lowest BCUT2D eigenvalue weighted by molar-refractivity contribution is -0.481. The van der Waals surface area contributed by atoms with Crippen LogP contribution in [0.3, 0.4) is 0 Å². The molecule has 0 aromatic rings. The molecule has 0 aromatic carbocycles. The van der Waals surface area contributed by atoms with Crippen LogP contribution in [0.5, 0.6) is 0 Å². The topological polar surface area (TPSA) is 871 Å². The van der Waals surface area contributed by atoms with Crippen LogP contribution < -0.4 is 181 Å². The third kappa shape index (κ3) is 64800. The third-order valence-corrected chi connectivity index (χ3v) is 0. The number of isocyanates is 1. The summed E-state index contributed by atoms with van der Waals surface area (Å²) in [5, 5.41) is 308. The minimum absolute atomic E-state index is 0.750. The predicted octanol–water partition coefficient (Wildman–Crippen LogP) is -47.5. The summed E-state index contributed by atoms with van der Waals surface area (Å²) in [6.07, 6.45) is 0.750. The Kier molecular flexibility index (Phi) is 149. The molecule has 0 spiro atoms. The van der Waals surface area contributed by atoms with Crippen molar-refractivity contribution in [1.29, 1.82) is 5.41 Å². The molecular weight excluding hydrogens is 748 g/mol. The lowest BCUT2D eigenvalue weighted by atomic mass is 10.3. The van der Waals surface area contributed by atoms with Gasteiger partial charge < -0.3 is 181 Å². The second kappa shape index (κ2) is 87.0.